The number of rotatable bonds is 4. The van der Waals surface area contributed by atoms with Gasteiger partial charge in [-0.25, -0.2) is 9.59 Å². The van der Waals surface area contributed by atoms with Crippen molar-refractivity contribution < 1.29 is 33.6 Å². The lowest BCUT2D eigenvalue weighted by Gasteiger charge is -2.36. The molecule has 160 valence electrons. The van der Waals surface area contributed by atoms with E-state index in [4.69, 9.17) is 18.9 Å². The molecule has 0 fully saturated rings. The molecule has 1 N–H and O–H groups in total. The van der Waals surface area contributed by atoms with Gasteiger partial charge in [-0.3, -0.25) is 0 Å². The number of aromatic hydroxyl groups is 1. The summed E-state index contributed by atoms with van der Waals surface area (Å²) in [5.41, 5.74) is 1.07. The fourth-order valence-corrected chi connectivity index (χ4v) is 4.17. The molecule has 3 aromatic carbocycles. The van der Waals surface area contributed by atoms with E-state index in [1.165, 1.54) is 25.3 Å². The lowest BCUT2D eigenvalue weighted by atomic mass is 9.77. The molecule has 2 aliphatic heterocycles. The smallest absolute Gasteiger partial charge is 0.351 e. The van der Waals surface area contributed by atoms with Crippen LogP contribution in [0.2, 0.25) is 0 Å². The summed E-state index contributed by atoms with van der Waals surface area (Å²) in [5.74, 6) is -0.0143. The Balaban J connectivity index is 1.69. The Morgan fingerprint density at radius 2 is 1.78 bits per heavy atom. The third kappa shape index (κ3) is 2.75. The number of carbonyl (C=O) groups is 2. The lowest BCUT2D eigenvalue weighted by Crippen LogP contribution is -2.33. The Labute approximate surface area is 183 Å². The number of carbonyl (C=O) groups excluding carboxylic acids is 2. The van der Waals surface area contributed by atoms with Crippen LogP contribution in [0.5, 0.6) is 23.0 Å². The van der Waals surface area contributed by atoms with Crippen LogP contribution >= 0.6 is 0 Å². The summed E-state index contributed by atoms with van der Waals surface area (Å²) in [5, 5.41) is 10.0. The highest BCUT2D eigenvalue weighted by molar-refractivity contribution is 5.97. The van der Waals surface area contributed by atoms with E-state index in [0.29, 0.717) is 39.5 Å². The highest BCUT2D eigenvalue weighted by Gasteiger charge is 2.53. The van der Waals surface area contributed by atoms with Gasteiger partial charge in [0.05, 0.1) is 12.7 Å². The summed E-state index contributed by atoms with van der Waals surface area (Å²) in [6.45, 7) is 3.60. The minimum atomic E-state index is -1.25. The van der Waals surface area contributed by atoms with E-state index in [2.05, 4.69) is 6.58 Å². The van der Waals surface area contributed by atoms with Crippen molar-refractivity contribution >= 4 is 11.9 Å². The normalized spacial score (nSPS) is 18.5. The molecule has 0 saturated carbocycles. The van der Waals surface area contributed by atoms with Crippen molar-refractivity contribution in [3.05, 3.63) is 95.6 Å². The zero-order valence-corrected chi connectivity index (χ0v) is 17.0. The summed E-state index contributed by atoms with van der Waals surface area (Å²) in [6, 6.07) is 16.8. The first kappa shape index (κ1) is 19.7. The molecule has 0 bridgehead atoms. The van der Waals surface area contributed by atoms with E-state index in [1.807, 2.05) is 12.1 Å². The van der Waals surface area contributed by atoms with Gasteiger partial charge in [-0.05, 0) is 36.4 Å². The van der Waals surface area contributed by atoms with Crippen LogP contribution in [0.1, 0.15) is 27.0 Å². The SMILES string of the molecule is C=CC(Oc1ccc2c(c1)Oc1cc(O)ccc1C21OC(=O)c2ccccc21)C(=O)OC. The van der Waals surface area contributed by atoms with Crippen LogP contribution in [0.25, 0.3) is 0 Å². The van der Waals surface area contributed by atoms with Crippen molar-refractivity contribution in [2.45, 2.75) is 11.7 Å². The van der Waals surface area contributed by atoms with Crippen LogP contribution in [0.15, 0.2) is 73.3 Å². The molecule has 2 unspecified atom stereocenters. The van der Waals surface area contributed by atoms with Gasteiger partial charge >= 0.3 is 11.9 Å². The molecule has 0 aromatic heterocycles. The molecule has 2 atom stereocenters. The standard InChI is InChI=1S/C25H18O7/c1-3-20(24(28)29-2)30-15-9-11-19-22(13-15)31-21-12-14(26)8-10-18(21)25(19)17-7-5-4-6-16(17)23(27)32-25/h3-13,20,26H,1H2,2H3. The number of hydrogen-bond donors (Lipinski definition) is 1. The number of phenols is 1. The summed E-state index contributed by atoms with van der Waals surface area (Å²) >= 11 is 0. The average molecular weight is 430 g/mol. The van der Waals surface area contributed by atoms with E-state index in [9.17, 15) is 14.7 Å². The van der Waals surface area contributed by atoms with Gasteiger partial charge in [-0.1, -0.05) is 24.8 Å². The molecule has 7 heteroatoms. The summed E-state index contributed by atoms with van der Waals surface area (Å²) < 4.78 is 22.5. The zero-order valence-electron chi connectivity index (χ0n) is 17.0. The van der Waals surface area contributed by atoms with Crippen molar-refractivity contribution in [2.75, 3.05) is 7.11 Å². The third-order valence-corrected chi connectivity index (χ3v) is 5.58. The summed E-state index contributed by atoms with van der Waals surface area (Å²) in [7, 11) is 1.26. The lowest BCUT2D eigenvalue weighted by molar-refractivity contribution is -0.146. The molecule has 2 aliphatic rings. The topological polar surface area (TPSA) is 91.3 Å². The molecule has 0 aliphatic carbocycles. The minimum Gasteiger partial charge on any atom is -0.508 e. The fraction of sp³-hybridized carbons (Fsp3) is 0.120. The first-order valence-corrected chi connectivity index (χ1v) is 9.83. The quantitative estimate of drug-likeness (QED) is 0.493. The number of ether oxygens (including phenoxy) is 4. The second kappa shape index (κ2) is 7.16. The Kier molecular flexibility index (Phi) is 4.41. The number of methoxy groups -OCH3 is 1. The van der Waals surface area contributed by atoms with Gasteiger partial charge in [0.25, 0.3) is 0 Å². The number of esters is 2. The van der Waals surface area contributed by atoms with Gasteiger partial charge in [-0.15, -0.1) is 0 Å². The van der Waals surface area contributed by atoms with E-state index >= 15 is 0 Å². The second-order valence-corrected chi connectivity index (χ2v) is 7.35. The van der Waals surface area contributed by atoms with Crippen molar-refractivity contribution in [1.82, 2.24) is 0 Å². The van der Waals surface area contributed by atoms with Gasteiger partial charge in [-0.2, -0.15) is 0 Å². The molecule has 0 saturated heterocycles. The van der Waals surface area contributed by atoms with Crippen molar-refractivity contribution in [3.8, 4) is 23.0 Å². The molecule has 2 heterocycles. The maximum absolute atomic E-state index is 12.8. The monoisotopic (exact) mass is 430 g/mol. The van der Waals surface area contributed by atoms with Gasteiger partial charge in [0.2, 0.25) is 6.10 Å². The maximum atomic E-state index is 12.8. The fourth-order valence-electron chi connectivity index (χ4n) is 4.17. The maximum Gasteiger partial charge on any atom is 0.351 e. The molecule has 7 nitrogen and oxygen atoms in total. The first-order chi connectivity index (χ1) is 15.5. The number of phenolic OH excluding ortho intramolecular Hbond substituents is 1. The molecular weight excluding hydrogens is 412 g/mol. The molecule has 0 radical (unpaired) electrons. The van der Waals surface area contributed by atoms with Crippen molar-refractivity contribution in [1.29, 1.82) is 0 Å². The average Bonchev–Trinajstić information content (AvgIpc) is 3.09. The van der Waals surface area contributed by atoms with E-state index < -0.39 is 23.6 Å². The molecule has 0 amide bonds. The highest BCUT2D eigenvalue weighted by atomic mass is 16.6. The van der Waals surface area contributed by atoms with Crippen LogP contribution in [-0.4, -0.2) is 30.3 Å². The molecule has 5 rings (SSSR count). The number of fused-ring (bicyclic) bond motifs is 6. The summed E-state index contributed by atoms with van der Waals surface area (Å²) in [4.78, 5) is 24.7. The second-order valence-electron chi connectivity index (χ2n) is 7.35. The number of hydrogen-bond acceptors (Lipinski definition) is 7. The summed E-state index contributed by atoms with van der Waals surface area (Å²) in [6.07, 6.45) is 0.327. The van der Waals surface area contributed by atoms with Crippen LogP contribution in [0, 0.1) is 0 Å². The van der Waals surface area contributed by atoms with Gasteiger partial charge < -0.3 is 24.1 Å². The van der Waals surface area contributed by atoms with Crippen molar-refractivity contribution in [3.63, 3.8) is 0 Å². The van der Waals surface area contributed by atoms with E-state index in [-0.39, 0.29) is 5.75 Å². The van der Waals surface area contributed by atoms with Crippen molar-refractivity contribution in [2.24, 2.45) is 0 Å². The third-order valence-electron chi connectivity index (χ3n) is 5.58. The highest BCUT2D eigenvalue weighted by Crippen LogP contribution is 2.56. The number of benzene rings is 3. The van der Waals surface area contributed by atoms with Gasteiger partial charge in [0.15, 0.2) is 5.60 Å². The van der Waals surface area contributed by atoms with Gasteiger partial charge in [0, 0.05) is 28.8 Å². The Morgan fingerprint density at radius 3 is 2.53 bits per heavy atom. The zero-order chi connectivity index (χ0) is 22.5. The Bertz CT molecular complexity index is 1280. The van der Waals surface area contributed by atoms with Crippen LogP contribution < -0.4 is 9.47 Å². The first-order valence-electron chi connectivity index (χ1n) is 9.83. The molecule has 3 aromatic rings. The predicted octanol–water partition coefficient (Wildman–Crippen LogP) is 4.07. The van der Waals surface area contributed by atoms with Crippen LogP contribution in [0.4, 0.5) is 0 Å². The van der Waals surface area contributed by atoms with E-state index in [1.54, 1.807) is 36.4 Å². The largest absolute Gasteiger partial charge is 0.508 e. The minimum absolute atomic E-state index is 0.00442. The predicted molar refractivity (Wildman–Crippen MR) is 113 cm³/mol. The van der Waals surface area contributed by atoms with Crippen LogP contribution in [0.3, 0.4) is 0 Å². The van der Waals surface area contributed by atoms with E-state index in [0.717, 1.165) is 0 Å². The molecule has 32 heavy (non-hydrogen) atoms. The Hall–Kier alpha value is -4.26. The van der Waals surface area contributed by atoms with Gasteiger partial charge in [0.1, 0.15) is 23.0 Å². The van der Waals surface area contributed by atoms with Crippen LogP contribution in [-0.2, 0) is 19.9 Å². The molecule has 1 spiro atoms. The molecular formula is C25H18O7. The Morgan fingerprint density at radius 1 is 1.06 bits per heavy atom.